The summed E-state index contributed by atoms with van der Waals surface area (Å²) < 4.78 is 43.4. The van der Waals surface area contributed by atoms with Crippen LogP contribution in [0.4, 0.5) is 18.9 Å². The van der Waals surface area contributed by atoms with Crippen LogP contribution in [0.5, 0.6) is 0 Å². The van der Waals surface area contributed by atoms with Crippen molar-refractivity contribution in [3.8, 4) is 0 Å². The van der Waals surface area contributed by atoms with Gasteiger partial charge in [-0.25, -0.2) is 4.79 Å². The van der Waals surface area contributed by atoms with Crippen LogP contribution in [0.3, 0.4) is 0 Å². The third-order valence-corrected chi connectivity index (χ3v) is 4.07. The van der Waals surface area contributed by atoms with Crippen LogP contribution < -0.4 is 5.32 Å². The number of para-hydroxylation sites is 1. The Morgan fingerprint density at radius 1 is 1.21 bits per heavy atom. The lowest BCUT2D eigenvalue weighted by atomic mass is 10.1. The number of alkyl halides is 3. The first-order valence-corrected chi connectivity index (χ1v) is 7.70. The molecule has 0 saturated carbocycles. The summed E-state index contributed by atoms with van der Waals surface area (Å²) in [6.07, 6.45) is -4.59. The molecule has 0 fully saturated rings. The van der Waals surface area contributed by atoms with E-state index in [0.717, 1.165) is 21.9 Å². The number of carbonyl (C=O) groups is 2. The van der Waals surface area contributed by atoms with Crippen LogP contribution in [0.25, 0.3) is 0 Å². The quantitative estimate of drug-likeness (QED) is 0.835. The molecule has 128 valence electrons. The summed E-state index contributed by atoms with van der Waals surface area (Å²) in [5.41, 5.74) is -0.997. The van der Waals surface area contributed by atoms with Crippen molar-refractivity contribution in [3.05, 3.63) is 51.2 Å². The maximum Gasteiger partial charge on any atom is 0.418 e. The van der Waals surface area contributed by atoms with Crippen molar-refractivity contribution in [1.29, 1.82) is 0 Å². The molecule has 1 aromatic carbocycles. The first-order valence-electron chi connectivity index (χ1n) is 6.88. The van der Waals surface area contributed by atoms with Crippen LogP contribution in [0.15, 0.2) is 30.3 Å². The van der Waals surface area contributed by atoms with Gasteiger partial charge in [0.15, 0.2) is 6.61 Å². The van der Waals surface area contributed by atoms with Gasteiger partial charge in [-0.05, 0) is 32.0 Å². The Kier molecular flexibility index (Phi) is 5.28. The molecule has 0 unspecified atom stereocenters. The van der Waals surface area contributed by atoms with E-state index in [4.69, 9.17) is 4.74 Å². The molecule has 2 rings (SSSR count). The fourth-order valence-electron chi connectivity index (χ4n) is 2.07. The number of hydrogen-bond acceptors (Lipinski definition) is 4. The third-order valence-electron chi connectivity index (χ3n) is 3.10. The third kappa shape index (κ3) is 4.35. The van der Waals surface area contributed by atoms with Crippen LogP contribution in [-0.2, 0) is 15.7 Å². The van der Waals surface area contributed by atoms with Crippen LogP contribution >= 0.6 is 11.3 Å². The normalized spacial score (nSPS) is 11.2. The maximum absolute atomic E-state index is 12.8. The highest BCUT2D eigenvalue weighted by molar-refractivity contribution is 7.12. The van der Waals surface area contributed by atoms with Gasteiger partial charge in [0, 0.05) is 9.75 Å². The van der Waals surface area contributed by atoms with Gasteiger partial charge in [0.2, 0.25) is 0 Å². The molecule has 1 amide bonds. The Morgan fingerprint density at radius 2 is 1.88 bits per heavy atom. The summed E-state index contributed by atoms with van der Waals surface area (Å²) in [6.45, 7) is 2.91. The van der Waals surface area contributed by atoms with E-state index in [-0.39, 0.29) is 5.69 Å². The molecule has 0 aliphatic rings. The number of amides is 1. The number of nitrogens with one attached hydrogen (secondary N) is 1. The number of esters is 1. The first-order chi connectivity index (χ1) is 11.2. The van der Waals surface area contributed by atoms with Crippen molar-refractivity contribution >= 4 is 28.9 Å². The topological polar surface area (TPSA) is 55.4 Å². The largest absolute Gasteiger partial charge is 0.452 e. The van der Waals surface area contributed by atoms with Gasteiger partial charge >= 0.3 is 12.1 Å². The molecular weight excluding hydrogens is 343 g/mol. The average molecular weight is 357 g/mol. The van der Waals surface area contributed by atoms with Gasteiger partial charge in [-0.15, -0.1) is 11.3 Å². The first kappa shape index (κ1) is 18.0. The Labute approximate surface area is 140 Å². The number of carbonyl (C=O) groups excluding carboxylic acids is 2. The minimum atomic E-state index is -4.59. The lowest BCUT2D eigenvalue weighted by Crippen LogP contribution is -2.22. The summed E-state index contributed by atoms with van der Waals surface area (Å²) in [7, 11) is 0. The number of ether oxygens (including phenoxy) is 1. The summed E-state index contributed by atoms with van der Waals surface area (Å²) in [5, 5.41) is 2.11. The predicted molar refractivity (Wildman–Crippen MR) is 84.1 cm³/mol. The number of anilines is 1. The fourth-order valence-corrected chi connectivity index (χ4v) is 2.98. The number of rotatable bonds is 4. The van der Waals surface area contributed by atoms with Crippen LogP contribution in [0.1, 0.15) is 25.7 Å². The number of benzene rings is 1. The molecule has 0 aliphatic carbocycles. The van der Waals surface area contributed by atoms with E-state index < -0.39 is 30.2 Å². The number of halogens is 3. The Bertz CT molecular complexity index is 768. The summed E-state index contributed by atoms with van der Waals surface area (Å²) >= 11 is 1.41. The molecule has 0 bridgehead atoms. The second-order valence-corrected chi connectivity index (χ2v) is 6.46. The van der Waals surface area contributed by atoms with E-state index in [1.54, 1.807) is 13.0 Å². The van der Waals surface area contributed by atoms with Crippen molar-refractivity contribution in [3.63, 3.8) is 0 Å². The minimum Gasteiger partial charge on any atom is -0.452 e. The van der Waals surface area contributed by atoms with Crippen LogP contribution in [0, 0.1) is 13.8 Å². The standard InChI is InChI=1S/C16H14F3NO3S/c1-9-7-11(10(2)24-9)15(22)23-8-14(21)20-13-6-4-3-5-12(13)16(17,18)19/h3-7H,8H2,1-2H3,(H,20,21). The highest BCUT2D eigenvalue weighted by atomic mass is 32.1. The van der Waals surface area contributed by atoms with Crippen molar-refractivity contribution in [2.75, 3.05) is 11.9 Å². The van der Waals surface area contributed by atoms with Gasteiger partial charge in [0.05, 0.1) is 16.8 Å². The zero-order valence-electron chi connectivity index (χ0n) is 12.9. The monoisotopic (exact) mass is 357 g/mol. The van der Waals surface area contributed by atoms with Crippen LogP contribution in [0.2, 0.25) is 0 Å². The molecule has 0 atom stereocenters. The van der Waals surface area contributed by atoms with E-state index >= 15 is 0 Å². The van der Waals surface area contributed by atoms with E-state index in [1.165, 1.54) is 23.5 Å². The molecule has 1 N–H and O–H groups in total. The Hall–Kier alpha value is -2.35. The fraction of sp³-hybridized carbons (Fsp3) is 0.250. The van der Waals surface area contributed by atoms with Gasteiger partial charge in [-0.1, -0.05) is 12.1 Å². The van der Waals surface area contributed by atoms with Gasteiger partial charge in [0.1, 0.15) is 0 Å². The molecule has 0 spiro atoms. The Morgan fingerprint density at radius 3 is 2.46 bits per heavy atom. The van der Waals surface area contributed by atoms with E-state index in [2.05, 4.69) is 5.32 Å². The van der Waals surface area contributed by atoms with Crippen molar-refractivity contribution in [1.82, 2.24) is 0 Å². The van der Waals surface area contributed by atoms with Gasteiger partial charge in [-0.2, -0.15) is 13.2 Å². The average Bonchev–Trinajstić information content (AvgIpc) is 2.83. The Balaban J connectivity index is 2.00. The highest BCUT2D eigenvalue weighted by Crippen LogP contribution is 2.34. The second kappa shape index (κ2) is 7.04. The lowest BCUT2D eigenvalue weighted by Gasteiger charge is -2.13. The molecule has 0 saturated heterocycles. The lowest BCUT2D eigenvalue weighted by molar-refractivity contribution is -0.137. The SMILES string of the molecule is Cc1cc(C(=O)OCC(=O)Nc2ccccc2C(F)(F)F)c(C)s1. The molecule has 24 heavy (non-hydrogen) atoms. The molecule has 0 radical (unpaired) electrons. The molecule has 4 nitrogen and oxygen atoms in total. The van der Waals surface area contributed by atoms with Gasteiger partial charge in [-0.3, -0.25) is 4.79 Å². The number of hydrogen-bond donors (Lipinski definition) is 1. The maximum atomic E-state index is 12.8. The van der Waals surface area contributed by atoms with E-state index in [9.17, 15) is 22.8 Å². The van der Waals surface area contributed by atoms with Crippen molar-refractivity contribution < 1.29 is 27.5 Å². The zero-order valence-corrected chi connectivity index (χ0v) is 13.7. The summed E-state index contributed by atoms with van der Waals surface area (Å²) in [6, 6.07) is 6.22. The minimum absolute atomic E-state index is 0.348. The molecule has 2 aromatic rings. The number of aryl methyl sites for hydroxylation is 2. The van der Waals surface area contributed by atoms with E-state index in [1.807, 2.05) is 6.92 Å². The molecule has 0 aliphatic heterocycles. The van der Waals surface area contributed by atoms with Crippen molar-refractivity contribution in [2.45, 2.75) is 20.0 Å². The van der Waals surface area contributed by atoms with Crippen molar-refractivity contribution in [2.24, 2.45) is 0 Å². The van der Waals surface area contributed by atoms with Gasteiger partial charge in [0.25, 0.3) is 5.91 Å². The second-order valence-electron chi connectivity index (χ2n) is 4.99. The molecule has 1 aromatic heterocycles. The van der Waals surface area contributed by atoms with Gasteiger partial charge < -0.3 is 10.1 Å². The number of thiophene rings is 1. The molecular formula is C16H14F3NO3S. The highest BCUT2D eigenvalue weighted by Gasteiger charge is 2.33. The van der Waals surface area contributed by atoms with Crippen LogP contribution in [-0.4, -0.2) is 18.5 Å². The molecule has 1 heterocycles. The van der Waals surface area contributed by atoms with E-state index in [0.29, 0.717) is 5.56 Å². The zero-order chi connectivity index (χ0) is 17.9. The molecule has 8 heteroatoms. The summed E-state index contributed by atoms with van der Waals surface area (Å²) in [4.78, 5) is 25.3. The summed E-state index contributed by atoms with van der Waals surface area (Å²) in [5.74, 6) is -1.53. The smallest absolute Gasteiger partial charge is 0.418 e. The predicted octanol–water partition coefficient (Wildman–Crippen LogP) is 4.18.